The molecule has 1 aliphatic rings. The van der Waals surface area contributed by atoms with Crippen LogP contribution in [0.1, 0.15) is 12.8 Å². The first-order valence-electron chi connectivity index (χ1n) is 6.94. The summed E-state index contributed by atoms with van der Waals surface area (Å²) in [5.74, 6) is 0.259. The maximum atomic E-state index is 12.2. The SMILES string of the molecule is COC(=O)C1CCN(C(=O)CSc2cccc(N)c2)CC1. The number of anilines is 1. The number of likely N-dealkylation sites (tertiary alicyclic amines) is 1. The average Bonchev–Trinajstić information content (AvgIpc) is 2.52. The lowest BCUT2D eigenvalue weighted by atomic mass is 9.97. The largest absolute Gasteiger partial charge is 0.469 e. The van der Waals surface area contributed by atoms with E-state index in [9.17, 15) is 9.59 Å². The van der Waals surface area contributed by atoms with Crippen LogP contribution in [0.5, 0.6) is 0 Å². The van der Waals surface area contributed by atoms with Crippen LogP contribution in [0, 0.1) is 5.92 Å². The number of amides is 1. The van der Waals surface area contributed by atoms with E-state index in [1.807, 2.05) is 29.2 Å². The van der Waals surface area contributed by atoms with Gasteiger partial charge in [0, 0.05) is 23.7 Å². The van der Waals surface area contributed by atoms with Gasteiger partial charge in [-0.25, -0.2) is 0 Å². The van der Waals surface area contributed by atoms with Crippen LogP contribution >= 0.6 is 11.8 Å². The van der Waals surface area contributed by atoms with Gasteiger partial charge >= 0.3 is 5.97 Å². The summed E-state index contributed by atoms with van der Waals surface area (Å²) in [4.78, 5) is 26.4. The maximum absolute atomic E-state index is 12.2. The van der Waals surface area contributed by atoms with Crippen LogP contribution in [0.3, 0.4) is 0 Å². The Morgan fingerprint density at radius 2 is 2.10 bits per heavy atom. The number of methoxy groups -OCH3 is 1. The Hall–Kier alpha value is -1.69. The van der Waals surface area contributed by atoms with Crippen molar-refractivity contribution < 1.29 is 14.3 Å². The van der Waals surface area contributed by atoms with Crippen LogP contribution in [0.25, 0.3) is 0 Å². The Kier molecular flexibility index (Phi) is 5.50. The lowest BCUT2D eigenvalue weighted by Gasteiger charge is -2.30. The topological polar surface area (TPSA) is 72.6 Å². The number of rotatable bonds is 4. The van der Waals surface area contributed by atoms with Gasteiger partial charge in [0.1, 0.15) is 0 Å². The lowest BCUT2D eigenvalue weighted by molar-refractivity contribution is -0.148. The quantitative estimate of drug-likeness (QED) is 0.521. The molecule has 0 radical (unpaired) electrons. The molecule has 1 aromatic carbocycles. The second-order valence-corrected chi connectivity index (χ2v) is 6.09. The van der Waals surface area contributed by atoms with E-state index in [2.05, 4.69) is 0 Å². The molecule has 0 saturated carbocycles. The van der Waals surface area contributed by atoms with E-state index in [0.717, 1.165) is 4.90 Å². The lowest BCUT2D eigenvalue weighted by Crippen LogP contribution is -2.41. The van der Waals surface area contributed by atoms with Crippen molar-refractivity contribution >= 4 is 29.3 Å². The third-order valence-corrected chi connectivity index (χ3v) is 4.58. The minimum absolute atomic E-state index is 0.0689. The molecule has 0 aromatic heterocycles. The van der Waals surface area contributed by atoms with Crippen LogP contribution in [0.2, 0.25) is 0 Å². The fourth-order valence-electron chi connectivity index (χ4n) is 2.37. The summed E-state index contributed by atoms with van der Waals surface area (Å²) in [7, 11) is 1.40. The normalized spacial score (nSPS) is 15.8. The zero-order valence-corrected chi connectivity index (χ0v) is 12.9. The fraction of sp³-hybridized carbons (Fsp3) is 0.467. The summed E-state index contributed by atoms with van der Waals surface area (Å²) >= 11 is 1.49. The summed E-state index contributed by atoms with van der Waals surface area (Å²) in [6.45, 7) is 1.24. The number of esters is 1. The number of thioether (sulfide) groups is 1. The van der Waals surface area contributed by atoms with Crippen LogP contribution in [0.4, 0.5) is 5.69 Å². The molecule has 21 heavy (non-hydrogen) atoms. The molecule has 0 aliphatic carbocycles. The molecular weight excluding hydrogens is 288 g/mol. The smallest absolute Gasteiger partial charge is 0.308 e. The molecule has 0 spiro atoms. The number of nitrogen functional groups attached to an aromatic ring is 1. The summed E-state index contributed by atoms with van der Waals surface area (Å²) < 4.78 is 4.74. The summed E-state index contributed by atoms with van der Waals surface area (Å²) in [5.41, 5.74) is 6.41. The number of hydrogen-bond donors (Lipinski definition) is 1. The van der Waals surface area contributed by atoms with Gasteiger partial charge in [0.25, 0.3) is 0 Å². The Labute approximate surface area is 128 Å². The number of nitrogens with zero attached hydrogens (tertiary/aromatic N) is 1. The van der Waals surface area contributed by atoms with E-state index in [1.54, 1.807) is 0 Å². The van der Waals surface area contributed by atoms with Crippen molar-refractivity contribution in [3.8, 4) is 0 Å². The van der Waals surface area contributed by atoms with Crippen molar-refractivity contribution in [3.63, 3.8) is 0 Å². The van der Waals surface area contributed by atoms with Gasteiger partial charge in [-0.05, 0) is 31.0 Å². The highest BCUT2D eigenvalue weighted by Crippen LogP contribution is 2.23. The van der Waals surface area contributed by atoms with E-state index in [0.29, 0.717) is 37.4 Å². The number of carbonyl (C=O) groups is 2. The van der Waals surface area contributed by atoms with E-state index in [-0.39, 0.29) is 17.8 Å². The van der Waals surface area contributed by atoms with E-state index in [4.69, 9.17) is 10.5 Å². The molecule has 1 saturated heterocycles. The molecule has 1 heterocycles. The van der Waals surface area contributed by atoms with Crippen molar-refractivity contribution in [3.05, 3.63) is 24.3 Å². The van der Waals surface area contributed by atoms with Crippen LogP contribution in [-0.4, -0.2) is 42.7 Å². The van der Waals surface area contributed by atoms with Gasteiger partial charge in [-0.1, -0.05) is 6.07 Å². The molecule has 1 aliphatic heterocycles. The minimum atomic E-state index is -0.170. The molecule has 1 amide bonds. The second-order valence-electron chi connectivity index (χ2n) is 5.04. The van der Waals surface area contributed by atoms with Gasteiger partial charge in [0.05, 0.1) is 18.8 Å². The zero-order valence-electron chi connectivity index (χ0n) is 12.1. The molecule has 0 unspecified atom stereocenters. The Balaban J connectivity index is 1.78. The highest BCUT2D eigenvalue weighted by molar-refractivity contribution is 8.00. The molecular formula is C15H20N2O3S. The Bertz CT molecular complexity index is 513. The van der Waals surface area contributed by atoms with Gasteiger partial charge in [-0.2, -0.15) is 0 Å². The van der Waals surface area contributed by atoms with Gasteiger partial charge in [0.2, 0.25) is 5.91 Å². The number of piperidine rings is 1. The first kappa shape index (κ1) is 15.7. The van der Waals surface area contributed by atoms with E-state index < -0.39 is 0 Å². The van der Waals surface area contributed by atoms with E-state index in [1.165, 1.54) is 18.9 Å². The Morgan fingerprint density at radius 1 is 1.38 bits per heavy atom. The molecule has 6 heteroatoms. The molecule has 1 aromatic rings. The minimum Gasteiger partial charge on any atom is -0.469 e. The molecule has 1 fully saturated rings. The fourth-order valence-corrected chi connectivity index (χ4v) is 3.24. The molecule has 5 nitrogen and oxygen atoms in total. The van der Waals surface area contributed by atoms with Crippen LogP contribution < -0.4 is 5.73 Å². The zero-order chi connectivity index (χ0) is 15.2. The van der Waals surface area contributed by atoms with Gasteiger partial charge in [-0.3, -0.25) is 9.59 Å². The third-order valence-electron chi connectivity index (χ3n) is 3.60. The number of hydrogen-bond acceptors (Lipinski definition) is 5. The number of nitrogens with two attached hydrogens (primary N) is 1. The van der Waals surface area contributed by atoms with Crippen molar-refractivity contribution in [2.24, 2.45) is 5.92 Å². The number of benzene rings is 1. The van der Waals surface area contributed by atoms with Gasteiger partial charge in [0.15, 0.2) is 0 Å². The predicted molar refractivity (Wildman–Crippen MR) is 82.9 cm³/mol. The van der Waals surface area contributed by atoms with Crippen molar-refractivity contribution in [1.82, 2.24) is 4.90 Å². The standard InChI is InChI=1S/C15H20N2O3S/c1-20-15(19)11-5-7-17(8-6-11)14(18)10-21-13-4-2-3-12(16)9-13/h2-4,9,11H,5-8,10,16H2,1H3. The second kappa shape index (κ2) is 7.36. The summed E-state index contributed by atoms with van der Waals surface area (Å²) in [6, 6.07) is 7.51. The highest BCUT2D eigenvalue weighted by Gasteiger charge is 2.27. The summed E-state index contributed by atoms with van der Waals surface area (Å²) in [5, 5.41) is 0. The van der Waals surface area contributed by atoms with Crippen LogP contribution in [0.15, 0.2) is 29.2 Å². The molecule has 0 bridgehead atoms. The van der Waals surface area contributed by atoms with Gasteiger partial charge in [-0.15, -0.1) is 11.8 Å². The monoisotopic (exact) mass is 308 g/mol. The summed E-state index contributed by atoms with van der Waals surface area (Å²) in [6.07, 6.45) is 1.36. The van der Waals surface area contributed by atoms with Crippen molar-refractivity contribution in [1.29, 1.82) is 0 Å². The van der Waals surface area contributed by atoms with E-state index >= 15 is 0 Å². The Morgan fingerprint density at radius 3 is 2.71 bits per heavy atom. The number of ether oxygens (including phenoxy) is 1. The average molecular weight is 308 g/mol. The maximum Gasteiger partial charge on any atom is 0.308 e. The molecule has 114 valence electrons. The number of carbonyl (C=O) groups excluding carboxylic acids is 2. The van der Waals surface area contributed by atoms with Gasteiger partial charge < -0.3 is 15.4 Å². The first-order valence-corrected chi connectivity index (χ1v) is 7.92. The molecule has 2 rings (SSSR count). The molecule has 2 N–H and O–H groups in total. The van der Waals surface area contributed by atoms with Crippen LogP contribution in [-0.2, 0) is 14.3 Å². The third kappa shape index (κ3) is 4.39. The van der Waals surface area contributed by atoms with Crippen molar-refractivity contribution in [2.75, 3.05) is 31.7 Å². The highest BCUT2D eigenvalue weighted by atomic mass is 32.2. The first-order chi connectivity index (χ1) is 10.1. The molecule has 0 atom stereocenters. The van der Waals surface area contributed by atoms with Crippen molar-refractivity contribution in [2.45, 2.75) is 17.7 Å². The predicted octanol–water partition coefficient (Wildman–Crippen LogP) is 1.77.